The van der Waals surface area contributed by atoms with Gasteiger partial charge in [0.1, 0.15) is 0 Å². The minimum absolute atomic E-state index is 0.278. The number of nitrogens with zero attached hydrogens (tertiary/aromatic N) is 4. The van der Waals surface area contributed by atoms with Crippen LogP contribution in [0.15, 0.2) is 0 Å². The summed E-state index contributed by atoms with van der Waals surface area (Å²) in [5.41, 5.74) is 7.80. The van der Waals surface area contributed by atoms with E-state index >= 15 is 0 Å². The van der Waals surface area contributed by atoms with E-state index in [4.69, 9.17) is 15.7 Å². The molecular formula is C13H23N5O. The Morgan fingerprint density at radius 3 is 2.63 bits per heavy atom. The van der Waals surface area contributed by atoms with Gasteiger partial charge in [-0.15, -0.1) is 0 Å². The smallest absolute Gasteiger partial charge is 0.150 e. The summed E-state index contributed by atoms with van der Waals surface area (Å²) in [7, 11) is 3.54. The van der Waals surface area contributed by atoms with E-state index in [1.54, 1.807) is 11.8 Å². The third kappa shape index (κ3) is 3.61. The zero-order valence-corrected chi connectivity index (χ0v) is 12.2. The summed E-state index contributed by atoms with van der Waals surface area (Å²) in [5.74, 6) is 1.15. The average Bonchev–Trinajstić information content (AvgIpc) is 2.66. The van der Waals surface area contributed by atoms with Crippen molar-refractivity contribution in [1.82, 2.24) is 9.78 Å². The number of nitriles is 1. The van der Waals surface area contributed by atoms with Gasteiger partial charge in [0, 0.05) is 27.2 Å². The highest BCUT2D eigenvalue weighted by molar-refractivity contribution is 5.67. The number of anilines is 2. The van der Waals surface area contributed by atoms with Crippen LogP contribution in [0, 0.1) is 11.3 Å². The van der Waals surface area contributed by atoms with Crippen molar-refractivity contribution < 1.29 is 4.74 Å². The minimum Gasteiger partial charge on any atom is -0.394 e. The van der Waals surface area contributed by atoms with Gasteiger partial charge in [-0.3, -0.25) is 4.68 Å². The van der Waals surface area contributed by atoms with Crippen LogP contribution in [0.4, 0.5) is 11.5 Å². The Kier molecular flexibility index (Phi) is 5.64. The van der Waals surface area contributed by atoms with Gasteiger partial charge in [-0.2, -0.15) is 10.4 Å². The Labute approximate surface area is 114 Å². The van der Waals surface area contributed by atoms with Gasteiger partial charge in [-0.05, 0) is 5.92 Å². The third-order valence-corrected chi connectivity index (χ3v) is 2.99. The van der Waals surface area contributed by atoms with Crippen LogP contribution in [0.5, 0.6) is 0 Å². The summed E-state index contributed by atoms with van der Waals surface area (Å²) in [5, 5.41) is 13.2. The Bertz CT molecular complexity index is 447. The second-order valence-electron chi connectivity index (χ2n) is 4.79. The Hall–Kier alpha value is -1.74. The molecule has 0 saturated carbocycles. The van der Waals surface area contributed by atoms with E-state index in [9.17, 15) is 0 Å². The first-order valence-electron chi connectivity index (χ1n) is 6.46. The van der Waals surface area contributed by atoms with Crippen LogP contribution in [0.1, 0.15) is 31.9 Å². The van der Waals surface area contributed by atoms with Gasteiger partial charge in [0.25, 0.3) is 0 Å². The van der Waals surface area contributed by atoms with Gasteiger partial charge in [0.2, 0.25) is 0 Å². The van der Waals surface area contributed by atoms with Crippen LogP contribution < -0.4 is 10.6 Å². The number of rotatable bonds is 7. The quantitative estimate of drug-likeness (QED) is 0.808. The maximum Gasteiger partial charge on any atom is 0.150 e. The predicted molar refractivity (Wildman–Crippen MR) is 76.0 cm³/mol. The highest BCUT2D eigenvalue weighted by Gasteiger charge is 2.20. The lowest BCUT2D eigenvalue weighted by atomic mass is 10.1. The molecule has 1 aromatic heterocycles. The van der Waals surface area contributed by atoms with Crippen LogP contribution in [-0.4, -0.2) is 36.6 Å². The summed E-state index contributed by atoms with van der Waals surface area (Å²) >= 11 is 0. The van der Waals surface area contributed by atoms with Crippen molar-refractivity contribution in [3.8, 4) is 6.07 Å². The van der Waals surface area contributed by atoms with Crippen LogP contribution >= 0.6 is 0 Å². The van der Waals surface area contributed by atoms with Gasteiger partial charge in [0.05, 0.1) is 30.5 Å². The molecule has 0 radical (unpaired) electrons. The zero-order chi connectivity index (χ0) is 14.4. The molecule has 0 amide bonds. The fourth-order valence-corrected chi connectivity index (χ4v) is 2.06. The largest absolute Gasteiger partial charge is 0.394 e. The standard InChI is InChI=1S/C13H23N5O/c1-10(2)12-11(15)13(17(3)16-12)18(7-5-6-14)8-9-19-4/h10H,5,7-9,15H2,1-4H3. The molecular weight excluding hydrogens is 242 g/mol. The summed E-state index contributed by atoms with van der Waals surface area (Å²) in [6.45, 7) is 6.04. The number of ether oxygens (including phenoxy) is 1. The predicted octanol–water partition coefficient (Wildman–Crippen LogP) is 1.49. The molecule has 19 heavy (non-hydrogen) atoms. The number of hydrogen-bond donors (Lipinski definition) is 1. The van der Waals surface area contributed by atoms with Gasteiger partial charge < -0.3 is 15.4 Å². The first kappa shape index (κ1) is 15.3. The first-order valence-corrected chi connectivity index (χ1v) is 6.46. The summed E-state index contributed by atoms with van der Waals surface area (Å²) in [6.07, 6.45) is 0.450. The van der Waals surface area contributed by atoms with Crippen LogP contribution in [0.3, 0.4) is 0 Å². The fourth-order valence-electron chi connectivity index (χ4n) is 2.06. The van der Waals surface area contributed by atoms with E-state index in [1.165, 1.54) is 0 Å². The minimum atomic E-state index is 0.278. The van der Waals surface area contributed by atoms with E-state index in [0.29, 0.717) is 31.8 Å². The van der Waals surface area contributed by atoms with Gasteiger partial charge in [-0.1, -0.05) is 13.8 Å². The maximum atomic E-state index is 8.76. The van der Waals surface area contributed by atoms with E-state index in [0.717, 1.165) is 11.5 Å². The van der Waals surface area contributed by atoms with Gasteiger partial charge >= 0.3 is 0 Å². The molecule has 6 heteroatoms. The van der Waals surface area contributed by atoms with Crippen molar-refractivity contribution >= 4 is 11.5 Å². The Morgan fingerprint density at radius 1 is 1.47 bits per heavy atom. The van der Waals surface area contributed by atoms with Crippen molar-refractivity contribution in [1.29, 1.82) is 5.26 Å². The molecule has 0 saturated heterocycles. The van der Waals surface area contributed by atoms with E-state index < -0.39 is 0 Å². The number of hydrogen-bond acceptors (Lipinski definition) is 5. The third-order valence-electron chi connectivity index (χ3n) is 2.99. The molecule has 1 heterocycles. The molecule has 0 atom stereocenters. The highest BCUT2D eigenvalue weighted by atomic mass is 16.5. The van der Waals surface area contributed by atoms with Crippen LogP contribution in [0.25, 0.3) is 0 Å². The van der Waals surface area contributed by atoms with Gasteiger partial charge in [0.15, 0.2) is 5.82 Å². The molecule has 106 valence electrons. The number of methoxy groups -OCH3 is 1. The van der Waals surface area contributed by atoms with Crippen molar-refractivity contribution in [3.05, 3.63) is 5.69 Å². The van der Waals surface area contributed by atoms with E-state index in [1.807, 2.05) is 7.05 Å². The number of nitrogen functional groups attached to an aromatic ring is 1. The molecule has 0 aliphatic rings. The Balaban J connectivity index is 3.03. The first-order chi connectivity index (χ1) is 9.02. The second kappa shape index (κ2) is 7.00. The molecule has 1 aromatic rings. The molecule has 0 bridgehead atoms. The molecule has 0 aromatic carbocycles. The SMILES string of the molecule is COCCN(CCC#N)c1c(N)c(C(C)C)nn1C. The lowest BCUT2D eigenvalue weighted by Crippen LogP contribution is -2.30. The molecule has 6 nitrogen and oxygen atoms in total. The molecule has 2 N–H and O–H groups in total. The topological polar surface area (TPSA) is 80.1 Å². The monoisotopic (exact) mass is 265 g/mol. The van der Waals surface area contributed by atoms with Crippen molar-refractivity contribution in [3.63, 3.8) is 0 Å². The van der Waals surface area contributed by atoms with Crippen LogP contribution in [0.2, 0.25) is 0 Å². The van der Waals surface area contributed by atoms with Crippen LogP contribution in [-0.2, 0) is 11.8 Å². The summed E-state index contributed by atoms with van der Waals surface area (Å²) in [6, 6.07) is 2.16. The number of aromatic nitrogens is 2. The summed E-state index contributed by atoms with van der Waals surface area (Å²) in [4.78, 5) is 2.06. The number of nitrogens with two attached hydrogens (primary N) is 1. The van der Waals surface area contributed by atoms with E-state index in [2.05, 4.69) is 29.9 Å². The second-order valence-corrected chi connectivity index (χ2v) is 4.79. The van der Waals surface area contributed by atoms with Crippen molar-refractivity contribution in [2.75, 3.05) is 37.4 Å². The lowest BCUT2D eigenvalue weighted by Gasteiger charge is -2.23. The fraction of sp³-hybridized carbons (Fsp3) is 0.692. The summed E-state index contributed by atoms with van der Waals surface area (Å²) < 4.78 is 6.90. The zero-order valence-electron chi connectivity index (χ0n) is 12.2. The molecule has 0 aliphatic heterocycles. The Morgan fingerprint density at radius 2 is 2.16 bits per heavy atom. The molecule has 0 unspecified atom stereocenters. The highest BCUT2D eigenvalue weighted by Crippen LogP contribution is 2.30. The molecule has 1 rings (SSSR count). The molecule has 0 fully saturated rings. The lowest BCUT2D eigenvalue weighted by molar-refractivity contribution is 0.205. The normalized spacial score (nSPS) is 10.7. The van der Waals surface area contributed by atoms with Crippen molar-refractivity contribution in [2.24, 2.45) is 7.05 Å². The van der Waals surface area contributed by atoms with E-state index in [-0.39, 0.29) is 5.92 Å². The maximum absolute atomic E-state index is 8.76. The van der Waals surface area contributed by atoms with Gasteiger partial charge in [-0.25, -0.2) is 0 Å². The molecule has 0 spiro atoms. The molecule has 0 aliphatic carbocycles. The average molecular weight is 265 g/mol. The van der Waals surface area contributed by atoms with Crippen molar-refractivity contribution in [2.45, 2.75) is 26.2 Å². The number of aryl methyl sites for hydroxylation is 1.